The van der Waals surface area contributed by atoms with Crippen LogP contribution in [-0.4, -0.2) is 30.0 Å². The normalized spacial score (nSPS) is 12.8. The molecule has 0 aliphatic carbocycles. The van der Waals surface area contributed by atoms with E-state index in [4.69, 9.17) is 11.6 Å². The minimum Gasteiger partial charge on any atom is -0.373 e. The smallest absolute Gasteiger partial charge is 0.126 e. The first kappa shape index (κ1) is 14.3. The molecule has 1 heterocycles. The van der Waals surface area contributed by atoms with E-state index in [1.807, 2.05) is 19.2 Å². The lowest BCUT2D eigenvalue weighted by Crippen LogP contribution is -2.28. The molecule has 96 valence electrons. The number of nitrogens with one attached hydrogen (secondary N) is 1. The van der Waals surface area contributed by atoms with Crippen molar-refractivity contribution in [3.8, 4) is 0 Å². The molecule has 0 amide bonds. The maximum atomic E-state index is 6.16. The lowest BCUT2D eigenvalue weighted by atomic mass is 10.1. The Hall–Kier alpha value is -0.800. The van der Waals surface area contributed by atoms with E-state index in [-0.39, 0.29) is 0 Å². The van der Waals surface area contributed by atoms with Crippen LogP contribution in [0.15, 0.2) is 12.1 Å². The third-order valence-electron chi connectivity index (χ3n) is 3.03. The van der Waals surface area contributed by atoms with Crippen LogP contribution >= 0.6 is 11.6 Å². The lowest BCUT2D eigenvalue weighted by Gasteiger charge is -2.24. The Kier molecular flexibility index (Phi) is 5.72. The van der Waals surface area contributed by atoms with Crippen molar-refractivity contribution in [3.05, 3.63) is 22.8 Å². The molecule has 0 saturated heterocycles. The van der Waals surface area contributed by atoms with Crippen LogP contribution in [0.1, 0.15) is 32.4 Å². The highest BCUT2D eigenvalue weighted by molar-refractivity contribution is 6.31. The SMILES string of the molecule is CCCC(C)N(C)Cc1nc(NC)ccc1Cl. The van der Waals surface area contributed by atoms with Gasteiger partial charge in [-0.3, -0.25) is 4.90 Å². The van der Waals surface area contributed by atoms with Crippen LogP contribution in [-0.2, 0) is 6.54 Å². The number of hydrogen-bond acceptors (Lipinski definition) is 3. The molecule has 0 radical (unpaired) electrons. The Bertz CT molecular complexity index is 355. The predicted octanol–water partition coefficient (Wildman–Crippen LogP) is 3.40. The first-order chi connectivity index (χ1) is 8.08. The minimum atomic E-state index is 0.552. The van der Waals surface area contributed by atoms with Crippen molar-refractivity contribution < 1.29 is 0 Å². The van der Waals surface area contributed by atoms with Crippen LogP contribution in [0.25, 0.3) is 0 Å². The summed E-state index contributed by atoms with van der Waals surface area (Å²) in [5, 5.41) is 3.77. The van der Waals surface area contributed by atoms with E-state index in [9.17, 15) is 0 Å². The van der Waals surface area contributed by atoms with E-state index in [1.165, 1.54) is 12.8 Å². The number of aromatic nitrogens is 1. The summed E-state index contributed by atoms with van der Waals surface area (Å²) in [6, 6.07) is 4.34. The first-order valence-corrected chi connectivity index (χ1v) is 6.49. The van der Waals surface area contributed by atoms with E-state index < -0.39 is 0 Å². The standard InChI is InChI=1S/C13H22ClN3/c1-5-6-10(2)17(4)9-12-11(14)7-8-13(15-3)16-12/h7-8,10H,5-6,9H2,1-4H3,(H,15,16). The highest BCUT2D eigenvalue weighted by atomic mass is 35.5. The first-order valence-electron chi connectivity index (χ1n) is 6.11. The number of pyridine rings is 1. The summed E-state index contributed by atoms with van der Waals surface area (Å²) in [7, 11) is 3.98. The second-order valence-corrected chi connectivity index (χ2v) is 4.84. The van der Waals surface area contributed by atoms with Gasteiger partial charge < -0.3 is 5.32 Å². The van der Waals surface area contributed by atoms with Crippen molar-refractivity contribution in [2.45, 2.75) is 39.3 Å². The van der Waals surface area contributed by atoms with Crippen molar-refractivity contribution >= 4 is 17.4 Å². The van der Waals surface area contributed by atoms with Gasteiger partial charge in [-0.1, -0.05) is 24.9 Å². The highest BCUT2D eigenvalue weighted by Gasteiger charge is 2.12. The molecule has 0 spiro atoms. The van der Waals surface area contributed by atoms with Crippen LogP contribution in [0, 0.1) is 0 Å². The number of anilines is 1. The van der Waals surface area contributed by atoms with Crippen molar-refractivity contribution in [3.63, 3.8) is 0 Å². The molecule has 17 heavy (non-hydrogen) atoms. The average molecular weight is 256 g/mol. The predicted molar refractivity (Wildman–Crippen MR) is 74.6 cm³/mol. The van der Waals surface area contributed by atoms with Crippen LogP contribution in [0.4, 0.5) is 5.82 Å². The molecule has 1 aromatic rings. The van der Waals surface area contributed by atoms with Gasteiger partial charge in [-0.05, 0) is 32.5 Å². The van der Waals surface area contributed by atoms with E-state index in [2.05, 4.69) is 36.1 Å². The number of rotatable bonds is 6. The van der Waals surface area contributed by atoms with E-state index in [0.717, 1.165) is 23.1 Å². The topological polar surface area (TPSA) is 28.2 Å². The molecule has 0 bridgehead atoms. The molecule has 1 aromatic heterocycles. The molecule has 0 aliphatic heterocycles. The van der Waals surface area contributed by atoms with E-state index in [1.54, 1.807) is 0 Å². The van der Waals surface area contributed by atoms with Gasteiger partial charge in [0.05, 0.1) is 10.7 Å². The Morgan fingerprint density at radius 3 is 2.76 bits per heavy atom. The maximum absolute atomic E-state index is 6.16. The largest absolute Gasteiger partial charge is 0.373 e. The minimum absolute atomic E-state index is 0.552. The van der Waals surface area contributed by atoms with Crippen molar-refractivity contribution in [1.82, 2.24) is 9.88 Å². The Morgan fingerprint density at radius 2 is 2.18 bits per heavy atom. The number of halogens is 1. The van der Waals surface area contributed by atoms with Crippen LogP contribution in [0.3, 0.4) is 0 Å². The van der Waals surface area contributed by atoms with Crippen molar-refractivity contribution in [1.29, 1.82) is 0 Å². The van der Waals surface area contributed by atoms with Crippen LogP contribution in [0.5, 0.6) is 0 Å². The zero-order chi connectivity index (χ0) is 12.8. The van der Waals surface area contributed by atoms with Gasteiger partial charge in [-0.2, -0.15) is 0 Å². The summed E-state index contributed by atoms with van der Waals surface area (Å²) in [4.78, 5) is 6.78. The fourth-order valence-electron chi connectivity index (χ4n) is 1.76. The average Bonchev–Trinajstić information content (AvgIpc) is 2.32. The maximum Gasteiger partial charge on any atom is 0.126 e. The lowest BCUT2D eigenvalue weighted by molar-refractivity contribution is 0.234. The molecule has 3 nitrogen and oxygen atoms in total. The molecule has 1 rings (SSSR count). The molecule has 1 N–H and O–H groups in total. The van der Waals surface area contributed by atoms with Gasteiger partial charge in [0.1, 0.15) is 5.82 Å². The van der Waals surface area contributed by atoms with Crippen molar-refractivity contribution in [2.24, 2.45) is 0 Å². The summed E-state index contributed by atoms with van der Waals surface area (Å²) >= 11 is 6.16. The molecular formula is C13H22ClN3. The van der Waals surface area contributed by atoms with Gasteiger partial charge in [-0.15, -0.1) is 0 Å². The van der Waals surface area contributed by atoms with Gasteiger partial charge in [0.2, 0.25) is 0 Å². The molecule has 0 fully saturated rings. The quantitative estimate of drug-likeness (QED) is 0.845. The zero-order valence-electron chi connectivity index (χ0n) is 11.1. The fraction of sp³-hybridized carbons (Fsp3) is 0.615. The highest BCUT2D eigenvalue weighted by Crippen LogP contribution is 2.19. The molecule has 1 unspecified atom stereocenters. The summed E-state index contributed by atoms with van der Waals surface area (Å²) < 4.78 is 0. The van der Waals surface area contributed by atoms with Crippen LogP contribution in [0.2, 0.25) is 5.02 Å². The fourth-order valence-corrected chi connectivity index (χ4v) is 1.93. The zero-order valence-corrected chi connectivity index (χ0v) is 11.9. The molecular weight excluding hydrogens is 234 g/mol. The van der Waals surface area contributed by atoms with E-state index in [0.29, 0.717) is 6.04 Å². The summed E-state index contributed by atoms with van der Waals surface area (Å²) in [5.74, 6) is 0.862. The number of hydrogen-bond donors (Lipinski definition) is 1. The third kappa shape index (κ3) is 4.17. The Labute approximate surface area is 109 Å². The van der Waals surface area contributed by atoms with E-state index >= 15 is 0 Å². The Balaban J connectivity index is 2.73. The molecule has 1 atom stereocenters. The number of nitrogens with zero attached hydrogens (tertiary/aromatic N) is 2. The van der Waals surface area contributed by atoms with Gasteiger partial charge >= 0.3 is 0 Å². The molecule has 0 aromatic carbocycles. The van der Waals surface area contributed by atoms with Gasteiger partial charge in [0.25, 0.3) is 0 Å². The van der Waals surface area contributed by atoms with Gasteiger partial charge in [0, 0.05) is 19.6 Å². The molecule has 0 aliphatic rings. The molecule has 4 heteroatoms. The Morgan fingerprint density at radius 1 is 1.47 bits per heavy atom. The van der Waals surface area contributed by atoms with Gasteiger partial charge in [0.15, 0.2) is 0 Å². The summed E-state index contributed by atoms with van der Waals surface area (Å²) in [6.45, 7) is 5.23. The van der Waals surface area contributed by atoms with Gasteiger partial charge in [-0.25, -0.2) is 4.98 Å². The summed E-state index contributed by atoms with van der Waals surface area (Å²) in [6.07, 6.45) is 2.39. The monoisotopic (exact) mass is 255 g/mol. The summed E-state index contributed by atoms with van der Waals surface area (Å²) in [5.41, 5.74) is 0.934. The van der Waals surface area contributed by atoms with Crippen LogP contribution < -0.4 is 5.32 Å². The third-order valence-corrected chi connectivity index (χ3v) is 3.38. The molecule has 0 saturated carbocycles. The second kappa shape index (κ2) is 6.82. The van der Waals surface area contributed by atoms with Crippen molar-refractivity contribution in [2.75, 3.05) is 19.4 Å². The second-order valence-electron chi connectivity index (χ2n) is 4.43.